The van der Waals surface area contributed by atoms with Crippen molar-refractivity contribution in [2.45, 2.75) is 108 Å². The van der Waals surface area contributed by atoms with Crippen LogP contribution in [-0.2, 0) is 32.0 Å². The van der Waals surface area contributed by atoms with Crippen molar-refractivity contribution in [3.05, 3.63) is 35.4 Å². The van der Waals surface area contributed by atoms with Gasteiger partial charge in [-0.3, -0.25) is 19.2 Å². The summed E-state index contributed by atoms with van der Waals surface area (Å²) in [5.74, 6) is -0.290. The first-order valence-corrected chi connectivity index (χ1v) is 18.0. The monoisotopic (exact) mass is 643 g/mol. The van der Waals surface area contributed by atoms with Crippen LogP contribution in [0.4, 0.5) is 4.79 Å². The molecule has 10 nitrogen and oxygen atoms in total. The quantitative estimate of drug-likeness (QED) is 0.289. The van der Waals surface area contributed by atoms with Gasteiger partial charge >= 0.3 is 6.03 Å². The van der Waals surface area contributed by atoms with Gasteiger partial charge in [-0.25, -0.2) is 4.79 Å². The van der Waals surface area contributed by atoms with E-state index in [0.717, 1.165) is 32.1 Å². The van der Waals surface area contributed by atoms with E-state index in [1.54, 1.807) is 4.90 Å². The Hall–Kier alpha value is -3.43. The van der Waals surface area contributed by atoms with Crippen LogP contribution in [0.25, 0.3) is 0 Å². The molecule has 1 heterocycles. The molecule has 5 unspecified atom stereocenters. The molecule has 1 saturated heterocycles. The highest BCUT2D eigenvalue weighted by Crippen LogP contribution is 2.65. The first-order chi connectivity index (χ1) is 22.4. The van der Waals surface area contributed by atoms with Gasteiger partial charge in [0.2, 0.25) is 17.6 Å². The number of fused-ring (bicyclic) bond motifs is 2. The largest absolute Gasteiger partial charge is 0.363 e. The van der Waals surface area contributed by atoms with E-state index in [9.17, 15) is 24.0 Å². The third-order valence-electron chi connectivity index (χ3n) is 13.4. The molecular weight excluding hydrogens is 594 g/mol. The molecule has 0 spiro atoms. The number of primary amides is 1. The number of ketones is 1. The molecule has 9 rings (SSSR count). The lowest BCUT2D eigenvalue weighted by Gasteiger charge is -2.56. The van der Waals surface area contributed by atoms with Gasteiger partial charge in [0.15, 0.2) is 0 Å². The summed E-state index contributed by atoms with van der Waals surface area (Å²) in [5, 5.41) is 9.43. The predicted molar refractivity (Wildman–Crippen MR) is 173 cm³/mol. The second kappa shape index (κ2) is 11.1. The average molecular weight is 644 g/mol. The average Bonchev–Trinajstić information content (AvgIpc) is 3.76. The summed E-state index contributed by atoms with van der Waals surface area (Å²) in [7, 11) is 0. The summed E-state index contributed by atoms with van der Waals surface area (Å²) in [6, 6.07) is 5.32. The molecule has 7 fully saturated rings. The molecule has 4 bridgehead atoms. The number of carbonyl (C=O) groups excluding carboxylic acids is 5. The Labute approximate surface area is 276 Å². The van der Waals surface area contributed by atoms with Crippen molar-refractivity contribution in [2.24, 2.45) is 52.6 Å². The van der Waals surface area contributed by atoms with Gasteiger partial charge in [-0.05, 0) is 116 Å². The summed E-state index contributed by atoms with van der Waals surface area (Å²) in [4.78, 5) is 69.0. The Morgan fingerprint density at radius 1 is 0.915 bits per heavy atom. The molecule has 7 aliphatic carbocycles. The van der Waals surface area contributed by atoms with Gasteiger partial charge in [-0.1, -0.05) is 51.0 Å². The fourth-order valence-corrected chi connectivity index (χ4v) is 11.2. The Balaban J connectivity index is 1.04. The first-order valence-electron chi connectivity index (χ1n) is 18.0. The van der Waals surface area contributed by atoms with E-state index in [4.69, 9.17) is 5.73 Å². The molecule has 0 radical (unpaired) electrons. The normalized spacial score (nSPS) is 35.4. The van der Waals surface area contributed by atoms with Crippen LogP contribution in [0, 0.1) is 46.8 Å². The molecule has 8 aliphatic rings. The van der Waals surface area contributed by atoms with Crippen LogP contribution in [0.15, 0.2) is 24.3 Å². The summed E-state index contributed by atoms with van der Waals surface area (Å²) in [6.45, 7) is 4.64. The maximum atomic E-state index is 14.8. The molecule has 6 saturated carbocycles. The Morgan fingerprint density at radius 2 is 1.51 bits per heavy atom. The lowest BCUT2D eigenvalue weighted by atomic mass is 9.53. The SMILES string of the molecule is CC1(C)C2CN(C(=O)C(NC(=O)NC34CC5CC(CC(C5)C3)C4)C3Cc4ccccc4C3)C(C(=O)NC(CC3CC3)C(=O)C(N)=O)C21. The summed E-state index contributed by atoms with van der Waals surface area (Å²) < 4.78 is 0. The maximum Gasteiger partial charge on any atom is 0.315 e. The topological polar surface area (TPSA) is 151 Å². The molecule has 10 heteroatoms. The van der Waals surface area contributed by atoms with Gasteiger partial charge in [0.05, 0.1) is 6.04 Å². The zero-order chi connectivity index (χ0) is 32.8. The van der Waals surface area contributed by atoms with Crippen LogP contribution >= 0.6 is 0 Å². The van der Waals surface area contributed by atoms with Crippen molar-refractivity contribution in [1.29, 1.82) is 0 Å². The highest BCUT2D eigenvalue weighted by Gasteiger charge is 2.70. The van der Waals surface area contributed by atoms with Crippen LogP contribution in [0.5, 0.6) is 0 Å². The van der Waals surface area contributed by atoms with E-state index in [1.807, 2.05) is 12.1 Å². The first kappa shape index (κ1) is 30.9. The minimum absolute atomic E-state index is 0.0704. The molecule has 5 N–H and O–H groups in total. The number of likely N-dealkylation sites (tertiary alicyclic amines) is 1. The van der Waals surface area contributed by atoms with Crippen molar-refractivity contribution >= 4 is 29.5 Å². The number of hydrogen-bond acceptors (Lipinski definition) is 5. The molecule has 5 atom stereocenters. The summed E-state index contributed by atoms with van der Waals surface area (Å²) >= 11 is 0. The Morgan fingerprint density at radius 3 is 2.06 bits per heavy atom. The van der Waals surface area contributed by atoms with Crippen molar-refractivity contribution in [3.63, 3.8) is 0 Å². The Bertz CT molecular complexity index is 1460. The minimum atomic E-state index is -1.06. The molecule has 47 heavy (non-hydrogen) atoms. The van der Waals surface area contributed by atoms with E-state index in [1.165, 1.54) is 30.4 Å². The zero-order valence-electron chi connectivity index (χ0n) is 27.6. The third kappa shape index (κ3) is 5.53. The molecule has 252 valence electrons. The Kier molecular flexibility index (Phi) is 7.26. The molecule has 1 aromatic rings. The van der Waals surface area contributed by atoms with E-state index < -0.39 is 35.7 Å². The van der Waals surface area contributed by atoms with E-state index >= 15 is 0 Å². The number of urea groups is 1. The number of nitrogens with two attached hydrogens (primary N) is 1. The fraction of sp³-hybridized carbons (Fsp3) is 0.703. The van der Waals surface area contributed by atoms with Gasteiger partial charge in [-0.2, -0.15) is 0 Å². The van der Waals surface area contributed by atoms with Crippen LogP contribution in [0.3, 0.4) is 0 Å². The minimum Gasteiger partial charge on any atom is -0.363 e. The van der Waals surface area contributed by atoms with Gasteiger partial charge < -0.3 is 26.6 Å². The highest BCUT2D eigenvalue weighted by atomic mass is 16.2. The molecular formula is C37H49N5O5. The maximum absolute atomic E-state index is 14.8. The standard InChI is InChI=1S/C37H49N5O5/c1-36(2)26-18-42(30(28(26)36)33(45)39-27(12-19-7-8-19)31(43)32(38)44)34(46)29(25-13-23-5-3-4-6-24(23)14-25)40-35(47)41-37-15-20-9-21(16-37)11-22(10-20)17-37/h3-6,19-22,25-30H,7-18H2,1-2H3,(H2,38,44)(H,39,45)(H2,40,41,47). The number of benzene rings is 1. The lowest BCUT2D eigenvalue weighted by Crippen LogP contribution is -2.64. The number of rotatable bonds is 10. The van der Waals surface area contributed by atoms with Crippen molar-refractivity contribution < 1.29 is 24.0 Å². The third-order valence-corrected chi connectivity index (χ3v) is 13.4. The van der Waals surface area contributed by atoms with Crippen LogP contribution in [0.2, 0.25) is 0 Å². The predicted octanol–water partition coefficient (Wildman–Crippen LogP) is 2.86. The van der Waals surface area contributed by atoms with Gasteiger partial charge in [0, 0.05) is 12.1 Å². The van der Waals surface area contributed by atoms with E-state index in [0.29, 0.717) is 43.6 Å². The zero-order valence-corrected chi connectivity index (χ0v) is 27.6. The van der Waals surface area contributed by atoms with Gasteiger partial charge in [-0.15, -0.1) is 0 Å². The number of piperidine rings is 1. The molecule has 1 aliphatic heterocycles. The lowest BCUT2D eigenvalue weighted by molar-refractivity contribution is -0.144. The van der Waals surface area contributed by atoms with Crippen molar-refractivity contribution in [3.8, 4) is 0 Å². The number of nitrogens with one attached hydrogen (secondary N) is 3. The molecule has 1 aromatic carbocycles. The number of amides is 5. The van der Waals surface area contributed by atoms with Crippen molar-refractivity contribution in [2.75, 3.05) is 6.54 Å². The molecule has 5 amide bonds. The van der Waals surface area contributed by atoms with Gasteiger partial charge in [0.25, 0.3) is 5.91 Å². The summed E-state index contributed by atoms with van der Waals surface area (Å²) in [5.41, 5.74) is 7.40. The van der Waals surface area contributed by atoms with Gasteiger partial charge in [0.1, 0.15) is 12.1 Å². The number of nitrogens with zero attached hydrogens (tertiary/aromatic N) is 1. The smallest absolute Gasteiger partial charge is 0.315 e. The van der Waals surface area contributed by atoms with Crippen LogP contribution < -0.4 is 21.7 Å². The van der Waals surface area contributed by atoms with Crippen molar-refractivity contribution in [1.82, 2.24) is 20.9 Å². The number of hydrogen-bond donors (Lipinski definition) is 4. The second-order valence-electron chi connectivity index (χ2n) is 17.1. The van der Waals surface area contributed by atoms with E-state index in [-0.39, 0.29) is 46.6 Å². The second-order valence-corrected chi connectivity index (χ2v) is 17.1. The van der Waals surface area contributed by atoms with E-state index in [2.05, 4.69) is 41.9 Å². The fourth-order valence-electron chi connectivity index (χ4n) is 11.2. The summed E-state index contributed by atoms with van der Waals surface area (Å²) in [6.07, 6.45) is 10.5. The van der Waals surface area contributed by atoms with Crippen LogP contribution in [-0.4, -0.2) is 64.6 Å². The number of carbonyl (C=O) groups is 5. The van der Waals surface area contributed by atoms with Crippen LogP contribution in [0.1, 0.15) is 82.8 Å². The molecule has 0 aromatic heterocycles. The highest BCUT2D eigenvalue weighted by molar-refractivity contribution is 6.37. The number of Topliss-reactive ketones (excluding diaryl/α,β-unsaturated/α-hetero) is 1.